The summed E-state index contributed by atoms with van der Waals surface area (Å²) in [5.41, 5.74) is 0.498. The number of nitrogens with one attached hydrogen (secondary N) is 1. The quantitative estimate of drug-likeness (QED) is 0.640. The zero-order valence-corrected chi connectivity index (χ0v) is 9.90. The van der Waals surface area contributed by atoms with Crippen molar-refractivity contribution in [1.82, 2.24) is 0 Å². The number of hydrogen-bond acceptors (Lipinski definition) is 4. The molecule has 1 aliphatic rings. The number of para-hydroxylation sites is 1. The Morgan fingerprint density at radius 3 is 2.72 bits per heavy atom. The van der Waals surface area contributed by atoms with Crippen LogP contribution in [-0.2, 0) is 4.79 Å². The molecule has 1 aliphatic carbocycles. The Kier molecular flexibility index (Phi) is 4.07. The molecule has 0 radical (unpaired) electrons. The van der Waals surface area contributed by atoms with Crippen molar-refractivity contribution in [2.75, 3.05) is 5.32 Å². The highest BCUT2D eigenvalue weighted by atomic mass is 19.1. The van der Waals surface area contributed by atoms with E-state index < -0.39 is 5.82 Å². The molecule has 0 aliphatic heterocycles. The van der Waals surface area contributed by atoms with Crippen molar-refractivity contribution in [2.24, 2.45) is 4.99 Å². The Hall–Kier alpha value is -1.71. The van der Waals surface area contributed by atoms with Crippen LogP contribution >= 0.6 is 0 Å². The summed E-state index contributed by atoms with van der Waals surface area (Å²) >= 11 is 0. The third-order valence-electron chi connectivity index (χ3n) is 3.20. The average Bonchev–Trinajstić information content (AvgIpc) is 2.36. The maximum absolute atomic E-state index is 13.7. The van der Waals surface area contributed by atoms with Gasteiger partial charge in [-0.1, -0.05) is 6.07 Å². The van der Waals surface area contributed by atoms with Gasteiger partial charge in [0.15, 0.2) is 0 Å². The van der Waals surface area contributed by atoms with Crippen LogP contribution in [-0.4, -0.2) is 23.3 Å². The van der Waals surface area contributed by atoms with Gasteiger partial charge in [0.05, 0.1) is 11.8 Å². The summed E-state index contributed by atoms with van der Waals surface area (Å²) in [6.07, 6.45) is 4.14. The van der Waals surface area contributed by atoms with Gasteiger partial charge in [-0.2, -0.15) is 4.99 Å². The normalized spacial score (nSPS) is 23.2. The minimum Gasteiger partial charge on any atom is -0.393 e. The number of carbonyl (C=O) groups excluding carboxylic acids is 1. The second-order valence-electron chi connectivity index (χ2n) is 4.49. The number of aliphatic hydroxyl groups excluding tert-OH is 1. The molecule has 2 N–H and O–H groups in total. The van der Waals surface area contributed by atoms with Gasteiger partial charge in [-0.3, -0.25) is 0 Å². The van der Waals surface area contributed by atoms with E-state index in [0.29, 0.717) is 12.8 Å². The first-order valence-corrected chi connectivity index (χ1v) is 6.01. The Morgan fingerprint density at radius 2 is 2.06 bits per heavy atom. The summed E-state index contributed by atoms with van der Waals surface area (Å²) in [6.45, 7) is 0. The van der Waals surface area contributed by atoms with E-state index in [4.69, 9.17) is 0 Å². The average molecular weight is 250 g/mol. The van der Waals surface area contributed by atoms with Crippen molar-refractivity contribution < 1.29 is 14.3 Å². The Bertz CT molecular complexity index is 464. The van der Waals surface area contributed by atoms with Gasteiger partial charge in [0.1, 0.15) is 11.5 Å². The molecule has 4 nitrogen and oxygen atoms in total. The summed E-state index contributed by atoms with van der Waals surface area (Å²) < 4.78 is 13.7. The van der Waals surface area contributed by atoms with E-state index in [2.05, 4.69) is 10.3 Å². The molecule has 0 aromatic heterocycles. The number of anilines is 1. The Labute approximate surface area is 105 Å². The van der Waals surface area contributed by atoms with E-state index in [1.165, 1.54) is 18.2 Å². The van der Waals surface area contributed by atoms with E-state index in [9.17, 15) is 14.3 Å². The number of aliphatic imine (C=N–C) groups is 1. The summed E-state index contributed by atoms with van der Waals surface area (Å²) in [5.74, 6) is -0.433. The van der Waals surface area contributed by atoms with Crippen LogP contribution in [0.2, 0.25) is 0 Å². The van der Waals surface area contributed by atoms with Crippen LogP contribution in [0.25, 0.3) is 0 Å². The van der Waals surface area contributed by atoms with Crippen LogP contribution in [0.1, 0.15) is 25.7 Å². The molecule has 1 aromatic rings. The number of benzene rings is 1. The molecule has 1 saturated carbocycles. The molecule has 0 saturated heterocycles. The Balaban J connectivity index is 2.15. The summed E-state index contributed by atoms with van der Waals surface area (Å²) in [7, 11) is 0. The first-order valence-electron chi connectivity index (χ1n) is 6.01. The SMILES string of the molecule is O=C=Nc1cccc(F)c1NC1CCC(O)CC1. The predicted molar refractivity (Wildman–Crippen MR) is 66.1 cm³/mol. The molecule has 1 fully saturated rings. The largest absolute Gasteiger partial charge is 0.393 e. The third-order valence-corrected chi connectivity index (χ3v) is 3.20. The van der Waals surface area contributed by atoms with Crippen molar-refractivity contribution in [3.05, 3.63) is 24.0 Å². The monoisotopic (exact) mass is 250 g/mol. The summed E-state index contributed by atoms with van der Waals surface area (Å²) in [5, 5.41) is 12.5. The van der Waals surface area contributed by atoms with Gasteiger partial charge < -0.3 is 10.4 Å². The molecule has 0 amide bonds. The zero-order valence-electron chi connectivity index (χ0n) is 9.90. The zero-order chi connectivity index (χ0) is 13.0. The maximum Gasteiger partial charge on any atom is 0.240 e. The molecule has 1 aromatic carbocycles. The van der Waals surface area contributed by atoms with Crippen LogP contribution in [0, 0.1) is 5.82 Å². The molecule has 0 unspecified atom stereocenters. The first kappa shape index (κ1) is 12.7. The van der Waals surface area contributed by atoms with Gasteiger partial charge in [0.25, 0.3) is 0 Å². The van der Waals surface area contributed by atoms with E-state index in [0.717, 1.165) is 12.8 Å². The minimum atomic E-state index is -0.433. The second kappa shape index (κ2) is 5.76. The highest BCUT2D eigenvalue weighted by Crippen LogP contribution is 2.30. The number of rotatable bonds is 3. The van der Waals surface area contributed by atoms with Crippen LogP contribution < -0.4 is 5.32 Å². The third kappa shape index (κ3) is 2.94. The van der Waals surface area contributed by atoms with Crippen LogP contribution in [0.4, 0.5) is 15.8 Å². The predicted octanol–water partition coefficient (Wildman–Crippen LogP) is 2.51. The van der Waals surface area contributed by atoms with Gasteiger partial charge >= 0.3 is 0 Å². The number of isocyanates is 1. The van der Waals surface area contributed by atoms with E-state index in [1.54, 1.807) is 6.07 Å². The number of hydrogen-bond donors (Lipinski definition) is 2. The lowest BCUT2D eigenvalue weighted by Gasteiger charge is -2.27. The van der Waals surface area contributed by atoms with Crippen molar-refractivity contribution in [2.45, 2.75) is 37.8 Å². The van der Waals surface area contributed by atoms with Gasteiger partial charge in [0, 0.05) is 6.04 Å². The standard InChI is InChI=1S/C13H15FN2O2/c14-11-2-1-3-12(15-8-17)13(11)16-9-4-6-10(18)7-5-9/h1-3,9-10,16,18H,4-7H2. The van der Waals surface area contributed by atoms with Crippen LogP contribution in [0.5, 0.6) is 0 Å². The highest BCUT2D eigenvalue weighted by molar-refractivity contribution is 5.69. The topological polar surface area (TPSA) is 61.7 Å². The van der Waals surface area contributed by atoms with Crippen LogP contribution in [0.3, 0.4) is 0 Å². The smallest absolute Gasteiger partial charge is 0.240 e. The molecule has 0 heterocycles. The number of halogens is 1. The van der Waals surface area contributed by atoms with E-state index in [-0.39, 0.29) is 23.5 Å². The molecular weight excluding hydrogens is 235 g/mol. The molecular formula is C13H15FN2O2. The molecule has 18 heavy (non-hydrogen) atoms. The van der Waals surface area contributed by atoms with Gasteiger partial charge in [-0.05, 0) is 37.8 Å². The lowest BCUT2D eigenvalue weighted by molar-refractivity contribution is 0.126. The molecule has 5 heteroatoms. The lowest BCUT2D eigenvalue weighted by Crippen LogP contribution is -2.28. The fraction of sp³-hybridized carbons (Fsp3) is 0.462. The fourth-order valence-electron chi connectivity index (χ4n) is 2.22. The Morgan fingerprint density at radius 1 is 1.33 bits per heavy atom. The van der Waals surface area contributed by atoms with E-state index in [1.807, 2.05) is 0 Å². The van der Waals surface area contributed by atoms with E-state index >= 15 is 0 Å². The molecule has 0 spiro atoms. The highest BCUT2D eigenvalue weighted by Gasteiger charge is 2.21. The van der Waals surface area contributed by atoms with Crippen molar-refractivity contribution in [3.63, 3.8) is 0 Å². The first-order chi connectivity index (χ1) is 8.70. The lowest BCUT2D eigenvalue weighted by atomic mass is 9.93. The number of nitrogens with zero attached hydrogens (tertiary/aromatic N) is 1. The number of aliphatic hydroxyl groups is 1. The van der Waals surface area contributed by atoms with Gasteiger partial charge in [-0.15, -0.1) is 0 Å². The van der Waals surface area contributed by atoms with Gasteiger partial charge in [-0.25, -0.2) is 9.18 Å². The van der Waals surface area contributed by atoms with Crippen LogP contribution in [0.15, 0.2) is 23.2 Å². The van der Waals surface area contributed by atoms with Crippen molar-refractivity contribution >= 4 is 17.5 Å². The molecule has 2 rings (SSSR count). The maximum atomic E-state index is 13.7. The van der Waals surface area contributed by atoms with Gasteiger partial charge in [0.2, 0.25) is 6.08 Å². The minimum absolute atomic E-state index is 0.103. The van der Waals surface area contributed by atoms with Crippen molar-refractivity contribution in [1.29, 1.82) is 0 Å². The molecule has 0 atom stereocenters. The summed E-state index contributed by atoms with van der Waals surface area (Å²) in [6, 6.07) is 4.49. The van der Waals surface area contributed by atoms with Crippen molar-refractivity contribution in [3.8, 4) is 0 Å². The molecule has 96 valence electrons. The second-order valence-corrected chi connectivity index (χ2v) is 4.49. The fourth-order valence-corrected chi connectivity index (χ4v) is 2.22. The summed E-state index contributed by atoms with van der Waals surface area (Å²) in [4.78, 5) is 13.8. The molecule has 0 bridgehead atoms.